The highest BCUT2D eigenvalue weighted by atomic mass is 16.5. The molecule has 1 saturated carbocycles. The molecule has 1 heteroatoms. The average Bonchev–Trinajstić information content (AvgIpc) is 1.79. The van der Waals surface area contributed by atoms with E-state index in [4.69, 9.17) is 4.74 Å². The molecule has 0 aromatic carbocycles. The van der Waals surface area contributed by atoms with E-state index < -0.39 is 0 Å². The van der Waals surface area contributed by atoms with Crippen molar-refractivity contribution < 1.29 is 4.74 Å². The van der Waals surface area contributed by atoms with Gasteiger partial charge in [-0.15, -0.1) is 0 Å². The molecule has 0 amide bonds. The van der Waals surface area contributed by atoms with Gasteiger partial charge in [-0.25, -0.2) is 0 Å². The van der Waals surface area contributed by atoms with Crippen LogP contribution in [0.25, 0.3) is 0 Å². The van der Waals surface area contributed by atoms with E-state index in [1.807, 2.05) is 0 Å². The maximum absolute atomic E-state index is 5.28. The van der Waals surface area contributed by atoms with Gasteiger partial charge in [0, 0.05) is 6.61 Å². The summed E-state index contributed by atoms with van der Waals surface area (Å²) in [6.07, 6.45) is 3.12. The first-order valence-electron chi connectivity index (χ1n) is 3.25. The Labute approximate surface area is 51.0 Å². The second kappa shape index (κ2) is 2.49. The number of ether oxygens (including phenoxy) is 1. The van der Waals surface area contributed by atoms with E-state index in [1.165, 1.54) is 12.8 Å². The Morgan fingerprint density at radius 1 is 1.62 bits per heavy atom. The topological polar surface area (TPSA) is 9.23 Å². The summed E-state index contributed by atoms with van der Waals surface area (Å²) in [7, 11) is 0. The summed E-state index contributed by atoms with van der Waals surface area (Å²) in [6.45, 7) is 6.48. The molecule has 0 aromatic heterocycles. The van der Waals surface area contributed by atoms with Crippen molar-refractivity contribution in [1.82, 2.24) is 0 Å². The third-order valence-corrected chi connectivity index (χ3v) is 1.87. The Morgan fingerprint density at radius 2 is 2.38 bits per heavy atom. The molecule has 1 rings (SSSR count). The van der Waals surface area contributed by atoms with Crippen LogP contribution in [0.3, 0.4) is 0 Å². The molecule has 0 bridgehead atoms. The van der Waals surface area contributed by atoms with Crippen molar-refractivity contribution >= 4 is 0 Å². The molecule has 0 N–H and O–H groups in total. The van der Waals surface area contributed by atoms with Gasteiger partial charge in [0.2, 0.25) is 0 Å². The molecule has 1 nitrogen and oxygen atoms in total. The van der Waals surface area contributed by atoms with E-state index >= 15 is 0 Å². The summed E-state index contributed by atoms with van der Waals surface area (Å²) in [4.78, 5) is 0. The van der Waals surface area contributed by atoms with Crippen LogP contribution in [0, 0.1) is 12.8 Å². The Morgan fingerprint density at radius 3 is 2.50 bits per heavy atom. The number of hydrogen-bond donors (Lipinski definition) is 0. The highest BCUT2D eigenvalue weighted by Crippen LogP contribution is 2.28. The van der Waals surface area contributed by atoms with Crippen molar-refractivity contribution in [3.63, 3.8) is 0 Å². The molecule has 0 saturated heterocycles. The fourth-order valence-corrected chi connectivity index (χ4v) is 1.04. The molecule has 0 spiro atoms. The normalized spacial score (nSPS) is 36.8. The highest BCUT2D eigenvalue weighted by Gasteiger charge is 2.26. The molecule has 2 atom stereocenters. The maximum atomic E-state index is 5.28. The summed E-state index contributed by atoms with van der Waals surface area (Å²) in [5, 5.41) is 0. The highest BCUT2D eigenvalue weighted by molar-refractivity contribution is 4.77. The number of rotatable bonds is 2. The minimum absolute atomic E-state index is 0.535. The second-order valence-electron chi connectivity index (χ2n) is 2.46. The summed E-state index contributed by atoms with van der Waals surface area (Å²) in [5.74, 6) is 0.789. The van der Waals surface area contributed by atoms with Gasteiger partial charge >= 0.3 is 0 Å². The lowest BCUT2D eigenvalue weighted by Crippen LogP contribution is -2.31. The van der Waals surface area contributed by atoms with Crippen LogP contribution >= 0.6 is 0 Å². The lowest BCUT2D eigenvalue weighted by atomic mass is 9.84. The van der Waals surface area contributed by atoms with Crippen LogP contribution in [0.15, 0.2) is 0 Å². The fraction of sp³-hybridized carbons (Fsp3) is 0.857. The fourth-order valence-electron chi connectivity index (χ4n) is 1.04. The second-order valence-corrected chi connectivity index (χ2v) is 2.46. The third-order valence-electron chi connectivity index (χ3n) is 1.87. The molecular formula is C7H13O. The van der Waals surface area contributed by atoms with Gasteiger partial charge in [0.1, 0.15) is 0 Å². The van der Waals surface area contributed by atoms with Crippen molar-refractivity contribution in [2.45, 2.75) is 25.9 Å². The van der Waals surface area contributed by atoms with Crippen molar-refractivity contribution in [2.24, 2.45) is 5.92 Å². The van der Waals surface area contributed by atoms with E-state index in [0.29, 0.717) is 12.7 Å². The van der Waals surface area contributed by atoms with Crippen molar-refractivity contribution in [2.75, 3.05) is 6.61 Å². The van der Waals surface area contributed by atoms with Gasteiger partial charge < -0.3 is 4.74 Å². The minimum Gasteiger partial charge on any atom is -0.378 e. The van der Waals surface area contributed by atoms with Crippen LogP contribution < -0.4 is 0 Å². The van der Waals surface area contributed by atoms with Crippen LogP contribution in [0.1, 0.15) is 19.8 Å². The zero-order chi connectivity index (χ0) is 5.98. The Bertz CT molecular complexity index is 70.8. The summed E-state index contributed by atoms with van der Waals surface area (Å²) < 4.78 is 5.28. The van der Waals surface area contributed by atoms with Crippen molar-refractivity contribution in [3.8, 4) is 0 Å². The zero-order valence-corrected chi connectivity index (χ0v) is 5.39. The zero-order valence-electron chi connectivity index (χ0n) is 5.39. The SMILES string of the molecule is [CH2]COC1CCC1C. The van der Waals surface area contributed by atoms with Crippen LogP contribution in [-0.4, -0.2) is 12.7 Å². The molecule has 0 heterocycles. The van der Waals surface area contributed by atoms with Gasteiger partial charge in [0.25, 0.3) is 0 Å². The van der Waals surface area contributed by atoms with Crippen LogP contribution in [0.2, 0.25) is 0 Å². The minimum atomic E-state index is 0.535. The molecule has 1 radical (unpaired) electrons. The van der Waals surface area contributed by atoms with Gasteiger partial charge in [-0.1, -0.05) is 6.92 Å². The van der Waals surface area contributed by atoms with Crippen LogP contribution in [0.4, 0.5) is 0 Å². The molecule has 1 fully saturated rings. The lowest BCUT2D eigenvalue weighted by molar-refractivity contribution is -0.0266. The van der Waals surface area contributed by atoms with E-state index in [2.05, 4.69) is 13.8 Å². The molecule has 1 aliphatic carbocycles. The summed E-state index contributed by atoms with van der Waals surface area (Å²) in [6, 6.07) is 0. The Balaban J connectivity index is 2.08. The van der Waals surface area contributed by atoms with E-state index in [9.17, 15) is 0 Å². The first-order chi connectivity index (χ1) is 3.84. The van der Waals surface area contributed by atoms with Crippen LogP contribution in [-0.2, 0) is 4.74 Å². The van der Waals surface area contributed by atoms with E-state index in [1.54, 1.807) is 0 Å². The predicted molar refractivity (Wildman–Crippen MR) is 33.5 cm³/mol. The maximum Gasteiger partial charge on any atom is 0.0600 e. The van der Waals surface area contributed by atoms with E-state index in [-0.39, 0.29) is 0 Å². The Hall–Kier alpha value is -0.0400. The third kappa shape index (κ3) is 1.03. The first kappa shape index (κ1) is 6.09. The van der Waals surface area contributed by atoms with Crippen LogP contribution in [0.5, 0.6) is 0 Å². The summed E-state index contributed by atoms with van der Waals surface area (Å²) in [5.41, 5.74) is 0. The van der Waals surface area contributed by atoms with E-state index in [0.717, 1.165) is 5.92 Å². The first-order valence-corrected chi connectivity index (χ1v) is 3.25. The van der Waals surface area contributed by atoms with Gasteiger partial charge in [-0.05, 0) is 25.7 Å². The lowest BCUT2D eigenvalue weighted by Gasteiger charge is -2.33. The molecule has 2 unspecified atom stereocenters. The molecule has 0 aliphatic heterocycles. The molecule has 1 aliphatic rings. The number of hydrogen-bond acceptors (Lipinski definition) is 1. The molecule has 8 heavy (non-hydrogen) atoms. The molecular weight excluding hydrogens is 100 g/mol. The quantitative estimate of drug-likeness (QED) is 0.529. The molecule has 47 valence electrons. The largest absolute Gasteiger partial charge is 0.378 e. The monoisotopic (exact) mass is 113 g/mol. The predicted octanol–water partition coefficient (Wildman–Crippen LogP) is 1.64. The standard InChI is InChI=1S/C7H13O/c1-3-8-7-5-4-6(7)2/h6-7H,1,3-5H2,2H3. The van der Waals surface area contributed by atoms with Gasteiger partial charge in [-0.2, -0.15) is 0 Å². The van der Waals surface area contributed by atoms with Crippen molar-refractivity contribution in [3.05, 3.63) is 6.92 Å². The Kier molecular flexibility index (Phi) is 1.90. The summed E-state index contributed by atoms with van der Waals surface area (Å²) >= 11 is 0. The van der Waals surface area contributed by atoms with Crippen molar-refractivity contribution in [1.29, 1.82) is 0 Å². The van der Waals surface area contributed by atoms with Gasteiger partial charge in [-0.3, -0.25) is 0 Å². The average molecular weight is 113 g/mol. The van der Waals surface area contributed by atoms with Gasteiger partial charge in [0.05, 0.1) is 6.10 Å². The molecule has 0 aromatic rings. The smallest absolute Gasteiger partial charge is 0.0600 e. The van der Waals surface area contributed by atoms with Gasteiger partial charge in [0.15, 0.2) is 0 Å².